The summed E-state index contributed by atoms with van der Waals surface area (Å²) >= 11 is 0. The quantitative estimate of drug-likeness (QED) is 0.252. The van der Waals surface area contributed by atoms with Crippen LogP contribution in [0.3, 0.4) is 0 Å². The number of imidazole rings is 1. The van der Waals surface area contributed by atoms with E-state index in [1.54, 1.807) is 18.2 Å². The first-order chi connectivity index (χ1) is 19.5. The summed E-state index contributed by atoms with van der Waals surface area (Å²) in [5, 5.41) is 6.78. The van der Waals surface area contributed by atoms with Crippen LogP contribution in [0.15, 0.2) is 22.7 Å². The molecule has 2 saturated carbocycles. The topological polar surface area (TPSA) is 136 Å². The summed E-state index contributed by atoms with van der Waals surface area (Å²) in [6.07, 6.45) is -3.42. The van der Waals surface area contributed by atoms with E-state index in [2.05, 4.69) is 20.4 Å². The highest BCUT2D eigenvalue weighted by atomic mass is 19.4. The number of primary amides is 1. The second kappa shape index (κ2) is 10.6. The smallest absolute Gasteiger partial charge is 0.365 e. The molecule has 0 radical (unpaired) electrons. The third kappa shape index (κ3) is 6.13. The van der Waals surface area contributed by atoms with Gasteiger partial charge < -0.3 is 25.3 Å². The number of rotatable bonds is 11. The number of ether oxygens (including phenoxy) is 1. The van der Waals surface area contributed by atoms with Crippen molar-refractivity contribution in [2.24, 2.45) is 17.6 Å². The van der Waals surface area contributed by atoms with E-state index in [1.807, 2.05) is 0 Å². The molecule has 2 heterocycles. The summed E-state index contributed by atoms with van der Waals surface area (Å²) < 4.78 is 77.7. The summed E-state index contributed by atoms with van der Waals surface area (Å²) in [6, 6.07) is 4.94. The van der Waals surface area contributed by atoms with Gasteiger partial charge in [0.2, 0.25) is 11.8 Å². The van der Waals surface area contributed by atoms with Gasteiger partial charge in [0.15, 0.2) is 11.4 Å². The van der Waals surface area contributed by atoms with Gasteiger partial charge in [-0.25, -0.2) is 13.8 Å². The zero-order chi connectivity index (χ0) is 30.6. The van der Waals surface area contributed by atoms with Gasteiger partial charge >= 0.3 is 6.18 Å². The number of aromatic nitrogens is 3. The van der Waals surface area contributed by atoms with E-state index in [1.165, 1.54) is 6.92 Å². The summed E-state index contributed by atoms with van der Waals surface area (Å²) in [5.74, 6) is -5.01. The fourth-order valence-electron chi connectivity index (χ4n) is 5.31. The van der Waals surface area contributed by atoms with E-state index in [0.29, 0.717) is 11.0 Å². The zero-order valence-electron chi connectivity index (χ0n) is 23.3. The van der Waals surface area contributed by atoms with Crippen molar-refractivity contribution in [3.8, 4) is 0 Å². The highest BCUT2D eigenvalue weighted by Gasteiger charge is 2.49. The van der Waals surface area contributed by atoms with Crippen molar-refractivity contribution in [3.05, 3.63) is 46.6 Å². The minimum atomic E-state index is -4.67. The Kier molecular flexibility index (Phi) is 7.57. The minimum absolute atomic E-state index is 0.0318. The number of fused-ring (bicyclic) bond motifs is 1. The van der Waals surface area contributed by atoms with Crippen molar-refractivity contribution >= 4 is 22.8 Å². The number of halogens is 5. The second-order valence-corrected chi connectivity index (χ2v) is 11.9. The second-order valence-electron chi connectivity index (χ2n) is 11.9. The van der Waals surface area contributed by atoms with Crippen LogP contribution < -0.4 is 11.1 Å². The van der Waals surface area contributed by atoms with E-state index < -0.39 is 36.1 Å². The number of aromatic amines is 1. The Bertz CT molecular complexity index is 1490. The SMILES string of the molecule is Cc1noc([C@@H](COC(C)(C)C(F)(F)F)c2nc3ccc([C@H](NC(=O)CC4CC(F)(F)C4)C4CC4)cc3[nH]2)c1C(N)=O. The average Bonchev–Trinajstić information content (AvgIpc) is 3.50. The average molecular weight is 598 g/mol. The summed E-state index contributed by atoms with van der Waals surface area (Å²) in [5.41, 5.74) is 4.88. The highest BCUT2D eigenvalue weighted by Crippen LogP contribution is 2.45. The number of carbonyl (C=O) groups excluding carboxylic acids is 2. The minimum Gasteiger partial charge on any atom is -0.365 e. The van der Waals surface area contributed by atoms with E-state index in [0.717, 1.165) is 32.3 Å². The van der Waals surface area contributed by atoms with Crippen LogP contribution in [-0.4, -0.2) is 51.2 Å². The van der Waals surface area contributed by atoms with Crippen LogP contribution in [0.2, 0.25) is 0 Å². The highest BCUT2D eigenvalue weighted by molar-refractivity contribution is 5.95. The predicted molar refractivity (Wildman–Crippen MR) is 140 cm³/mol. The lowest BCUT2D eigenvalue weighted by Crippen LogP contribution is -2.42. The van der Waals surface area contributed by atoms with Gasteiger partial charge in [0.25, 0.3) is 5.91 Å². The van der Waals surface area contributed by atoms with Crippen molar-refractivity contribution in [2.45, 2.75) is 82.5 Å². The number of H-pyrrole nitrogens is 1. The van der Waals surface area contributed by atoms with Crippen LogP contribution in [0.4, 0.5) is 22.0 Å². The Morgan fingerprint density at radius 3 is 2.52 bits per heavy atom. The van der Waals surface area contributed by atoms with Gasteiger partial charge in [-0.15, -0.1) is 0 Å². The molecule has 2 atom stereocenters. The van der Waals surface area contributed by atoms with Gasteiger partial charge in [0.1, 0.15) is 17.3 Å². The van der Waals surface area contributed by atoms with Gasteiger partial charge in [-0.05, 0) is 63.1 Å². The molecule has 3 aromatic rings. The zero-order valence-corrected chi connectivity index (χ0v) is 23.3. The number of benzene rings is 1. The first kappa shape index (κ1) is 29.9. The van der Waals surface area contributed by atoms with Gasteiger partial charge in [-0.3, -0.25) is 9.59 Å². The van der Waals surface area contributed by atoms with Crippen molar-refractivity contribution in [2.75, 3.05) is 6.61 Å². The molecule has 4 N–H and O–H groups in total. The molecule has 2 aliphatic rings. The fraction of sp³-hybridized carbons (Fsp3) is 0.571. The Hall–Kier alpha value is -3.55. The van der Waals surface area contributed by atoms with Crippen LogP contribution >= 0.6 is 0 Å². The normalized spacial score (nSPS) is 19.0. The predicted octanol–water partition coefficient (Wildman–Crippen LogP) is 5.45. The molecule has 1 aromatic carbocycles. The van der Waals surface area contributed by atoms with E-state index in [4.69, 9.17) is 15.0 Å². The van der Waals surface area contributed by atoms with E-state index in [-0.39, 0.29) is 65.9 Å². The molecule has 2 fully saturated rings. The largest absolute Gasteiger partial charge is 0.416 e. The van der Waals surface area contributed by atoms with Crippen molar-refractivity contribution in [1.29, 1.82) is 0 Å². The van der Waals surface area contributed by atoms with Gasteiger partial charge in [0, 0.05) is 19.3 Å². The number of nitrogens with zero attached hydrogens (tertiary/aromatic N) is 2. The maximum absolute atomic E-state index is 13.6. The van der Waals surface area contributed by atoms with Crippen LogP contribution in [0.25, 0.3) is 11.0 Å². The molecule has 5 rings (SSSR count). The molecule has 2 aliphatic carbocycles. The Labute approximate surface area is 237 Å². The Balaban J connectivity index is 1.42. The molecule has 2 amide bonds. The molecule has 0 aliphatic heterocycles. The number of amides is 2. The fourth-order valence-corrected chi connectivity index (χ4v) is 5.31. The van der Waals surface area contributed by atoms with Crippen LogP contribution in [0, 0.1) is 18.8 Å². The van der Waals surface area contributed by atoms with Crippen LogP contribution in [0.5, 0.6) is 0 Å². The number of nitrogens with two attached hydrogens (primary N) is 1. The third-order valence-electron chi connectivity index (χ3n) is 8.02. The number of hydrogen-bond acceptors (Lipinski definition) is 6. The molecule has 0 spiro atoms. The standard InChI is InChI=1S/C28H32F5N5O4/c1-13-21(24(34)40)23(42-38-13)17(12-41-26(2,3)28(31,32)33)25-35-18-7-6-16(9-19(18)36-25)22(15-4-5-15)37-20(39)8-14-10-27(29,30)11-14/h6-7,9,14-15,17,22H,4-5,8,10-12H2,1-3H3,(H2,34,40)(H,35,36)(H,37,39)/t17-,22-/m1/s1. The van der Waals surface area contributed by atoms with Gasteiger partial charge in [-0.1, -0.05) is 11.2 Å². The molecule has 228 valence electrons. The van der Waals surface area contributed by atoms with Crippen LogP contribution in [-0.2, 0) is 9.53 Å². The monoisotopic (exact) mass is 597 g/mol. The van der Waals surface area contributed by atoms with Crippen molar-refractivity contribution in [3.63, 3.8) is 0 Å². The molecular formula is C28H32F5N5O4. The Morgan fingerprint density at radius 1 is 1.24 bits per heavy atom. The number of nitrogens with one attached hydrogen (secondary N) is 2. The van der Waals surface area contributed by atoms with Crippen molar-refractivity contribution in [1.82, 2.24) is 20.4 Å². The van der Waals surface area contributed by atoms with Gasteiger partial charge in [0.05, 0.1) is 29.4 Å². The maximum Gasteiger partial charge on any atom is 0.416 e. The number of aryl methyl sites for hydroxylation is 1. The number of carbonyl (C=O) groups is 2. The maximum atomic E-state index is 13.6. The molecule has 9 nitrogen and oxygen atoms in total. The molecule has 2 aromatic heterocycles. The lowest BCUT2D eigenvalue weighted by atomic mass is 9.79. The molecule has 0 saturated heterocycles. The first-order valence-electron chi connectivity index (χ1n) is 13.7. The lowest BCUT2D eigenvalue weighted by molar-refractivity contribution is -0.264. The molecule has 42 heavy (non-hydrogen) atoms. The van der Waals surface area contributed by atoms with Gasteiger partial charge in [-0.2, -0.15) is 13.2 Å². The molecule has 0 unspecified atom stereocenters. The van der Waals surface area contributed by atoms with E-state index in [9.17, 15) is 31.5 Å². The summed E-state index contributed by atoms with van der Waals surface area (Å²) in [7, 11) is 0. The van der Waals surface area contributed by atoms with Crippen LogP contribution in [0.1, 0.15) is 91.1 Å². The first-order valence-corrected chi connectivity index (χ1v) is 13.7. The Morgan fingerprint density at radius 2 is 1.93 bits per heavy atom. The third-order valence-corrected chi connectivity index (χ3v) is 8.02. The van der Waals surface area contributed by atoms with E-state index >= 15 is 0 Å². The molecule has 14 heteroatoms. The lowest BCUT2D eigenvalue weighted by Gasteiger charge is -2.34. The summed E-state index contributed by atoms with van der Waals surface area (Å²) in [4.78, 5) is 32.5. The van der Waals surface area contributed by atoms with Crippen molar-refractivity contribution < 1.29 is 40.8 Å². The number of hydrogen-bond donors (Lipinski definition) is 3. The summed E-state index contributed by atoms with van der Waals surface area (Å²) in [6.45, 7) is 2.70. The number of alkyl halides is 5. The molecular weight excluding hydrogens is 565 g/mol. The molecule has 0 bridgehead atoms.